The Bertz CT molecular complexity index is 1110. The highest BCUT2D eigenvalue weighted by molar-refractivity contribution is 7.99. The molecule has 4 nitrogen and oxygen atoms in total. The topological polar surface area (TPSA) is 46.4 Å². The van der Waals surface area contributed by atoms with Crippen molar-refractivity contribution in [2.75, 3.05) is 5.75 Å². The number of nitrogens with zero attached hydrogens (tertiary/aromatic N) is 2. The van der Waals surface area contributed by atoms with Gasteiger partial charge in [-0.05, 0) is 64.8 Å². The van der Waals surface area contributed by atoms with Crippen molar-refractivity contribution in [2.45, 2.75) is 47.3 Å². The van der Waals surface area contributed by atoms with Crippen molar-refractivity contribution in [3.05, 3.63) is 87.2 Å². The normalized spacial score (nSPS) is 11.3. The third-order valence-electron chi connectivity index (χ3n) is 5.24. The molecule has 31 heavy (non-hydrogen) atoms. The fourth-order valence-corrected chi connectivity index (χ4v) is 4.72. The van der Waals surface area contributed by atoms with Gasteiger partial charge in [0.1, 0.15) is 0 Å². The van der Waals surface area contributed by atoms with Crippen LogP contribution in [0.1, 0.15) is 44.8 Å². The largest absolute Gasteiger partial charge is 0.318 e. The van der Waals surface area contributed by atoms with Gasteiger partial charge in [0.25, 0.3) is 0 Å². The first kappa shape index (κ1) is 22.9. The zero-order valence-corrected chi connectivity index (χ0v) is 20.1. The van der Waals surface area contributed by atoms with E-state index in [0.717, 1.165) is 22.7 Å². The average molecular weight is 434 g/mol. The van der Waals surface area contributed by atoms with E-state index in [1.165, 1.54) is 33.5 Å². The molecule has 0 saturated heterocycles. The van der Waals surface area contributed by atoms with E-state index in [4.69, 9.17) is 0 Å². The minimum atomic E-state index is -0.0891. The molecule has 2 aromatic carbocycles. The van der Waals surface area contributed by atoms with E-state index in [9.17, 15) is 4.79 Å². The Hall–Kier alpha value is -2.79. The van der Waals surface area contributed by atoms with Gasteiger partial charge < -0.3 is 4.57 Å². The molecule has 0 radical (unpaired) electrons. The number of carbonyl (C=O) groups is 1. The molecule has 0 aliphatic carbocycles. The molecular weight excluding hydrogens is 402 g/mol. The molecule has 162 valence electrons. The molecule has 0 saturated carbocycles. The number of amides is 1. The average Bonchev–Trinajstić information content (AvgIpc) is 2.95. The predicted octanol–water partition coefficient (Wildman–Crippen LogP) is 5.71. The van der Waals surface area contributed by atoms with Crippen molar-refractivity contribution in [3.8, 4) is 5.69 Å². The van der Waals surface area contributed by atoms with Crippen molar-refractivity contribution >= 4 is 23.9 Å². The van der Waals surface area contributed by atoms with Gasteiger partial charge in [0, 0.05) is 28.4 Å². The van der Waals surface area contributed by atoms with Crippen LogP contribution in [0.3, 0.4) is 0 Å². The summed E-state index contributed by atoms with van der Waals surface area (Å²) in [7, 11) is 0. The Kier molecular flexibility index (Phi) is 7.39. The predicted molar refractivity (Wildman–Crippen MR) is 133 cm³/mol. The fourth-order valence-electron chi connectivity index (χ4n) is 3.97. The fraction of sp³-hybridized carbons (Fsp3) is 0.308. The molecule has 0 fully saturated rings. The van der Waals surface area contributed by atoms with E-state index in [1.54, 1.807) is 18.0 Å². The lowest BCUT2D eigenvalue weighted by Gasteiger charge is -2.13. The summed E-state index contributed by atoms with van der Waals surface area (Å²) >= 11 is 1.60. The number of rotatable bonds is 7. The summed E-state index contributed by atoms with van der Waals surface area (Å²) in [4.78, 5) is 12.2. The van der Waals surface area contributed by atoms with Gasteiger partial charge in [-0.25, -0.2) is 5.43 Å². The number of nitrogens with one attached hydrogen (secondary N) is 1. The second-order valence-corrected chi connectivity index (χ2v) is 9.22. The zero-order valence-electron chi connectivity index (χ0n) is 19.2. The molecule has 1 heterocycles. The summed E-state index contributed by atoms with van der Waals surface area (Å²) < 4.78 is 2.23. The van der Waals surface area contributed by atoms with E-state index in [2.05, 4.69) is 99.1 Å². The maximum absolute atomic E-state index is 12.2. The molecule has 0 aliphatic heterocycles. The summed E-state index contributed by atoms with van der Waals surface area (Å²) in [6.45, 7) is 12.6. The first-order chi connectivity index (χ1) is 14.7. The first-order valence-electron chi connectivity index (χ1n) is 10.5. The molecule has 1 aromatic heterocycles. The number of hydrogen-bond acceptors (Lipinski definition) is 3. The molecule has 5 heteroatoms. The van der Waals surface area contributed by atoms with Gasteiger partial charge in [-0.1, -0.05) is 47.0 Å². The standard InChI is InChI=1S/C26H31N3OS/c1-17-7-8-25(20(4)10-17)29-21(5)13-24(22(29)6)14-27-28-26(30)16-31-15-23-11-18(2)9-19(3)12-23/h7-14H,15-16H2,1-6H3,(H,28,30)/b27-14+. The van der Waals surface area contributed by atoms with Crippen LogP contribution in [0.25, 0.3) is 5.69 Å². The minimum absolute atomic E-state index is 0.0891. The van der Waals surface area contributed by atoms with Gasteiger partial charge in [0.15, 0.2) is 0 Å². The molecule has 0 aliphatic rings. The van der Waals surface area contributed by atoms with Crippen LogP contribution < -0.4 is 5.43 Å². The van der Waals surface area contributed by atoms with Crippen LogP contribution in [-0.2, 0) is 10.5 Å². The van der Waals surface area contributed by atoms with E-state index in [-0.39, 0.29) is 5.91 Å². The third-order valence-corrected chi connectivity index (χ3v) is 6.24. The molecule has 0 bridgehead atoms. The van der Waals surface area contributed by atoms with E-state index in [1.807, 2.05) is 0 Å². The number of hydrazone groups is 1. The molecule has 0 spiro atoms. The molecule has 0 atom stereocenters. The molecule has 0 unspecified atom stereocenters. The van der Waals surface area contributed by atoms with Crippen molar-refractivity contribution < 1.29 is 4.79 Å². The smallest absolute Gasteiger partial charge is 0.250 e. The lowest BCUT2D eigenvalue weighted by atomic mass is 10.1. The third kappa shape index (κ3) is 5.88. The van der Waals surface area contributed by atoms with Crippen molar-refractivity contribution in [1.29, 1.82) is 0 Å². The number of carbonyl (C=O) groups excluding carboxylic acids is 1. The van der Waals surface area contributed by atoms with E-state index < -0.39 is 0 Å². The highest BCUT2D eigenvalue weighted by atomic mass is 32.2. The Morgan fingerprint density at radius 3 is 2.35 bits per heavy atom. The van der Waals surface area contributed by atoms with Crippen LogP contribution in [0.15, 0.2) is 47.6 Å². The minimum Gasteiger partial charge on any atom is -0.318 e. The molecular formula is C26H31N3OS. The Morgan fingerprint density at radius 2 is 1.68 bits per heavy atom. The lowest BCUT2D eigenvalue weighted by Crippen LogP contribution is -2.19. The Labute approximate surface area is 189 Å². The highest BCUT2D eigenvalue weighted by Crippen LogP contribution is 2.23. The van der Waals surface area contributed by atoms with Crippen molar-refractivity contribution in [2.24, 2.45) is 5.10 Å². The second kappa shape index (κ2) is 10.0. The quantitative estimate of drug-likeness (QED) is 0.383. The van der Waals surface area contributed by atoms with Crippen molar-refractivity contribution in [3.63, 3.8) is 0 Å². The summed E-state index contributed by atoms with van der Waals surface area (Å²) in [5, 5.41) is 4.19. The van der Waals surface area contributed by atoms with Crippen molar-refractivity contribution in [1.82, 2.24) is 9.99 Å². The van der Waals surface area contributed by atoms with Crippen LogP contribution >= 0.6 is 11.8 Å². The lowest BCUT2D eigenvalue weighted by molar-refractivity contribution is -0.118. The summed E-state index contributed by atoms with van der Waals surface area (Å²) in [5.74, 6) is 1.11. The van der Waals surface area contributed by atoms with Gasteiger partial charge in [0.05, 0.1) is 12.0 Å². The van der Waals surface area contributed by atoms with Gasteiger partial charge in [-0.2, -0.15) is 5.10 Å². The number of aryl methyl sites for hydroxylation is 5. The highest BCUT2D eigenvalue weighted by Gasteiger charge is 2.11. The van der Waals surface area contributed by atoms with Gasteiger partial charge in [0.2, 0.25) is 5.91 Å². The van der Waals surface area contributed by atoms with Crippen LogP contribution in [-0.4, -0.2) is 22.4 Å². The summed E-state index contributed by atoms with van der Waals surface area (Å²) in [6.07, 6.45) is 1.73. The SMILES string of the molecule is Cc1cc(C)cc(CSCC(=O)N/N=C/c2cc(C)n(-c3ccc(C)cc3C)c2C)c1. The maximum Gasteiger partial charge on any atom is 0.250 e. The summed E-state index contributed by atoms with van der Waals surface area (Å²) in [6, 6.07) is 15.1. The van der Waals surface area contributed by atoms with Crippen LogP contribution in [0.5, 0.6) is 0 Å². The van der Waals surface area contributed by atoms with Gasteiger partial charge >= 0.3 is 0 Å². The van der Waals surface area contributed by atoms with E-state index >= 15 is 0 Å². The molecule has 3 aromatic rings. The first-order valence-corrected chi connectivity index (χ1v) is 11.6. The molecule has 3 rings (SSSR count). The zero-order chi connectivity index (χ0) is 22.5. The Morgan fingerprint density at radius 1 is 0.968 bits per heavy atom. The Balaban J connectivity index is 1.59. The number of hydrogen-bond donors (Lipinski definition) is 1. The molecule has 1 N–H and O–H groups in total. The second-order valence-electron chi connectivity index (χ2n) is 8.23. The number of benzene rings is 2. The van der Waals surface area contributed by atoms with E-state index in [0.29, 0.717) is 5.75 Å². The van der Waals surface area contributed by atoms with Gasteiger partial charge in [-0.3, -0.25) is 4.79 Å². The van der Waals surface area contributed by atoms with Gasteiger partial charge in [-0.15, -0.1) is 11.8 Å². The number of aromatic nitrogens is 1. The van der Waals surface area contributed by atoms with Crippen LogP contribution in [0, 0.1) is 41.5 Å². The molecule has 1 amide bonds. The monoisotopic (exact) mass is 433 g/mol. The summed E-state index contributed by atoms with van der Waals surface area (Å²) in [5.41, 5.74) is 13.3. The maximum atomic E-state index is 12.2. The number of thioether (sulfide) groups is 1. The van der Waals surface area contributed by atoms with Crippen LogP contribution in [0.2, 0.25) is 0 Å². The van der Waals surface area contributed by atoms with Crippen LogP contribution in [0.4, 0.5) is 0 Å².